The van der Waals surface area contributed by atoms with Crippen molar-refractivity contribution >= 4 is 11.8 Å². The molecule has 3 rings (SSSR count). The molecule has 30 heavy (non-hydrogen) atoms. The second kappa shape index (κ2) is 10.7. The van der Waals surface area contributed by atoms with Gasteiger partial charge in [0.25, 0.3) is 5.91 Å². The predicted octanol–water partition coefficient (Wildman–Crippen LogP) is 2.99. The van der Waals surface area contributed by atoms with Gasteiger partial charge in [0.1, 0.15) is 11.5 Å². The molecule has 6 heteroatoms. The highest BCUT2D eigenvalue weighted by molar-refractivity contribution is 5.79. The summed E-state index contributed by atoms with van der Waals surface area (Å²) >= 11 is 0. The lowest BCUT2D eigenvalue weighted by atomic mass is 10.0. The van der Waals surface area contributed by atoms with E-state index in [2.05, 4.69) is 12.2 Å². The van der Waals surface area contributed by atoms with Crippen LogP contribution in [0.5, 0.6) is 11.5 Å². The van der Waals surface area contributed by atoms with E-state index in [0.29, 0.717) is 19.5 Å². The van der Waals surface area contributed by atoms with Gasteiger partial charge in [0, 0.05) is 19.1 Å². The van der Waals surface area contributed by atoms with Crippen molar-refractivity contribution in [2.24, 2.45) is 0 Å². The van der Waals surface area contributed by atoms with Crippen LogP contribution in [-0.2, 0) is 22.4 Å². The molecular formula is C24H30N2O4. The molecule has 0 bridgehead atoms. The molecule has 0 atom stereocenters. The number of nitrogens with one attached hydrogen (secondary N) is 1. The molecule has 160 valence electrons. The molecule has 0 aromatic heterocycles. The third-order valence-electron chi connectivity index (χ3n) is 5.44. The second-order valence-corrected chi connectivity index (χ2v) is 7.50. The standard InChI is InChI=1S/C24H30N2O4/c1-3-19-6-4-5-7-22(19)30-17-23(27)25-20-12-14-26(15-13-20)24(28)16-18-8-10-21(29-2)11-9-18/h4-11,20H,3,12-17H2,1-2H3,(H,25,27). The van der Waals surface area contributed by atoms with Gasteiger partial charge in [-0.1, -0.05) is 37.3 Å². The number of piperidine rings is 1. The number of hydrogen-bond acceptors (Lipinski definition) is 4. The van der Waals surface area contributed by atoms with Crippen LogP contribution in [0.1, 0.15) is 30.9 Å². The number of methoxy groups -OCH3 is 1. The SMILES string of the molecule is CCc1ccccc1OCC(=O)NC1CCN(C(=O)Cc2ccc(OC)cc2)CC1. The number of nitrogens with zero attached hydrogens (tertiary/aromatic N) is 1. The lowest BCUT2D eigenvalue weighted by Gasteiger charge is -2.32. The third kappa shape index (κ3) is 5.99. The maximum atomic E-state index is 12.6. The van der Waals surface area contributed by atoms with Crippen molar-refractivity contribution < 1.29 is 19.1 Å². The van der Waals surface area contributed by atoms with Crippen molar-refractivity contribution in [2.75, 3.05) is 26.8 Å². The summed E-state index contributed by atoms with van der Waals surface area (Å²) in [7, 11) is 1.62. The van der Waals surface area contributed by atoms with E-state index >= 15 is 0 Å². The Morgan fingerprint density at radius 2 is 1.77 bits per heavy atom. The van der Waals surface area contributed by atoms with E-state index < -0.39 is 0 Å². The number of hydrogen-bond donors (Lipinski definition) is 1. The minimum atomic E-state index is -0.121. The molecule has 2 aromatic rings. The van der Waals surface area contributed by atoms with Gasteiger partial charge < -0.3 is 19.7 Å². The van der Waals surface area contributed by atoms with Gasteiger partial charge in [0.05, 0.1) is 13.5 Å². The van der Waals surface area contributed by atoms with Gasteiger partial charge in [-0.25, -0.2) is 0 Å². The van der Waals surface area contributed by atoms with E-state index in [9.17, 15) is 9.59 Å². The minimum absolute atomic E-state index is 0.00757. The van der Waals surface area contributed by atoms with Crippen LogP contribution >= 0.6 is 0 Å². The molecule has 0 aliphatic carbocycles. The van der Waals surface area contributed by atoms with Crippen LogP contribution in [0, 0.1) is 0 Å². The highest BCUT2D eigenvalue weighted by Gasteiger charge is 2.24. The maximum absolute atomic E-state index is 12.6. The zero-order chi connectivity index (χ0) is 21.3. The Bertz CT molecular complexity index is 843. The van der Waals surface area contributed by atoms with E-state index in [-0.39, 0.29) is 24.5 Å². The number of rotatable bonds is 8. The summed E-state index contributed by atoms with van der Waals surface area (Å²) in [5.74, 6) is 1.53. The fraction of sp³-hybridized carbons (Fsp3) is 0.417. The zero-order valence-electron chi connectivity index (χ0n) is 17.7. The van der Waals surface area contributed by atoms with Gasteiger partial charge in [-0.05, 0) is 48.6 Å². The molecule has 0 radical (unpaired) electrons. The van der Waals surface area contributed by atoms with Crippen molar-refractivity contribution in [3.8, 4) is 11.5 Å². The number of benzene rings is 2. The fourth-order valence-corrected chi connectivity index (χ4v) is 3.65. The quantitative estimate of drug-likeness (QED) is 0.727. The lowest BCUT2D eigenvalue weighted by molar-refractivity contribution is -0.131. The van der Waals surface area contributed by atoms with Crippen LogP contribution in [0.4, 0.5) is 0 Å². The molecule has 1 aliphatic rings. The Balaban J connectivity index is 1.40. The summed E-state index contributed by atoms with van der Waals surface area (Å²) < 4.78 is 10.8. The Morgan fingerprint density at radius 3 is 2.43 bits per heavy atom. The number of likely N-dealkylation sites (tertiary alicyclic amines) is 1. The van der Waals surface area contributed by atoms with E-state index in [1.165, 1.54) is 0 Å². The van der Waals surface area contributed by atoms with Gasteiger partial charge in [0.2, 0.25) is 5.91 Å². The number of carbonyl (C=O) groups excluding carboxylic acids is 2. The average Bonchev–Trinajstić information content (AvgIpc) is 2.79. The van der Waals surface area contributed by atoms with Crippen molar-refractivity contribution in [3.63, 3.8) is 0 Å². The Morgan fingerprint density at radius 1 is 1.07 bits per heavy atom. The van der Waals surface area contributed by atoms with Crippen molar-refractivity contribution in [1.29, 1.82) is 0 Å². The molecule has 1 saturated heterocycles. The van der Waals surface area contributed by atoms with E-state index in [1.54, 1.807) is 7.11 Å². The number of ether oxygens (including phenoxy) is 2. The van der Waals surface area contributed by atoms with Crippen LogP contribution in [0.25, 0.3) is 0 Å². The molecule has 0 saturated carbocycles. The summed E-state index contributed by atoms with van der Waals surface area (Å²) in [5, 5.41) is 3.03. The summed E-state index contributed by atoms with van der Waals surface area (Å²) in [6.07, 6.45) is 2.75. The van der Waals surface area contributed by atoms with Gasteiger partial charge >= 0.3 is 0 Å². The molecule has 0 unspecified atom stereocenters. The first-order valence-corrected chi connectivity index (χ1v) is 10.5. The highest BCUT2D eigenvalue weighted by atomic mass is 16.5. The van der Waals surface area contributed by atoms with Gasteiger partial charge in [-0.3, -0.25) is 9.59 Å². The smallest absolute Gasteiger partial charge is 0.258 e. The molecule has 1 heterocycles. The number of amides is 2. The lowest BCUT2D eigenvalue weighted by Crippen LogP contribution is -2.47. The second-order valence-electron chi connectivity index (χ2n) is 7.50. The largest absolute Gasteiger partial charge is 0.497 e. The Labute approximate surface area is 178 Å². The fourth-order valence-electron chi connectivity index (χ4n) is 3.65. The van der Waals surface area contributed by atoms with E-state index in [0.717, 1.165) is 41.9 Å². The summed E-state index contributed by atoms with van der Waals surface area (Å²) in [5.41, 5.74) is 2.06. The zero-order valence-corrected chi connectivity index (χ0v) is 17.7. The maximum Gasteiger partial charge on any atom is 0.258 e. The van der Waals surface area contributed by atoms with Crippen LogP contribution < -0.4 is 14.8 Å². The molecule has 1 aliphatic heterocycles. The van der Waals surface area contributed by atoms with Crippen LogP contribution in [0.2, 0.25) is 0 Å². The summed E-state index contributed by atoms with van der Waals surface area (Å²) in [6.45, 7) is 3.37. The van der Waals surface area contributed by atoms with E-state index in [1.807, 2.05) is 53.4 Å². The van der Waals surface area contributed by atoms with E-state index in [4.69, 9.17) is 9.47 Å². The number of aryl methyl sites for hydroxylation is 1. The minimum Gasteiger partial charge on any atom is -0.497 e. The predicted molar refractivity (Wildman–Crippen MR) is 116 cm³/mol. The summed E-state index contributed by atoms with van der Waals surface area (Å²) in [6, 6.07) is 15.4. The Kier molecular flexibility index (Phi) is 7.71. The van der Waals surface area contributed by atoms with Gasteiger partial charge in [0.15, 0.2) is 6.61 Å². The topological polar surface area (TPSA) is 67.9 Å². The molecule has 2 amide bonds. The first kappa shape index (κ1) is 21.7. The van der Waals surface area contributed by atoms with Crippen LogP contribution in [0.3, 0.4) is 0 Å². The highest BCUT2D eigenvalue weighted by Crippen LogP contribution is 2.18. The van der Waals surface area contributed by atoms with Crippen LogP contribution in [-0.4, -0.2) is 49.6 Å². The van der Waals surface area contributed by atoms with Gasteiger partial charge in [-0.2, -0.15) is 0 Å². The molecule has 1 fully saturated rings. The monoisotopic (exact) mass is 410 g/mol. The molecule has 2 aromatic carbocycles. The number of carbonyl (C=O) groups is 2. The molecular weight excluding hydrogens is 380 g/mol. The molecule has 0 spiro atoms. The summed E-state index contributed by atoms with van der Waals surface area (Å²) in [4.78, 5) is 26.7. The first-order chi connectivity index (χ1) is 14.6. The van der Waals surface area contributed by atoms with Crippen molar-refractivity contribution in [2.45, 2.75) is 38.6 Å². The van der Waals surface area contributed by atoms with Crippen molar-refractivity contribution in [3.05, 3.63) is 59.7 Å². The average molecular weight is 411 g/mol. The van der Waals surface area contributed by atoms with Gasteiger partial charge in [-0.15, -0.1) is 0 Å². The first-order valence-electron chi connectivity index (χ1n) is 10.5. The Hall–Kier alpha value is -3.02. The molecule has 6 nitrogen and oxygen atoms in total. The number of para-hydroxylation sites is 1. The third-order valence-corrected chi connectivity index (χ3v) is 5.44. The van der Waals surface area contributed by atoms with Crippen molar-refractivity contribution in [1.82, 2.24) is 10.2 Å². The normalized spacial score (nSPS) is 14.3. The van der Waals surface area contributed by atoms with Crippen LogP contribution in [0.15, 0.2) is 48.5 Å². The molecule has 1 N–H and O–H groups in total.